The normalized spacial score (nSPS) is 19.5. The van der Waals surface area contributed by atoms with E-state index < -0.39 is 11.4 Å². The van der Waals surface area contributed by atoms with Crippen molar-refractivity contribution in [3.8, 4) is 5.75 Å². The van der Waals surface area contributed by atoms with Gasteiger partial charge in [0.15, 0.2) is 16.7 Å². The first-order chi connectivity index (χ1) is 18.9. The lowest BCUT2D eigenvalue weighted by Crippen LogP contribution is -2.55. The molecular formula is C29H29FN6O2S. The number of benzene rings is 2. The topological polar surface area (TPSA) is 56.5 Å². The number of thiocarbonyl (C=S) groups is 1. The summed E-state index contributed by atoms with van der Waals surface area (Å²) in [6.07, 6.45) is 3.77. The summed E-state index contributed by atoms with van der Waals surface area (Å²) in [5, 5.41) is 0.969. The minimum absolute atomic E-state index is 0.132. The first-order valence-corrected chi connectivity index (χ1v) is 13.6. The number of rotatable bonds is 6. The largest absolute Gasteiger partial charge is 0.489 e. The maximum absolute atomic E-state index is 15.3. The molecule has 0 bridgehead atoms. The average Bonchev–Trinajstić information content (AvgIpc) is 3.16. The van der Waals surface area contributed by atoms with Crippen LogP contribution in [0.25, 0.3) is 15.7 Å². The fourth-order valence-corrected chi connectivity index (χ4v) is 6.18. The quantitative estimate of drug-likeness (QED) is 0.332. The van der Waals surface area contributed by atoms with Gasteiger partial charge in [-0.3, -0.25) is 19.6 Å². The number of hydrogen-bond donors (Lipinski definition) is 0. The van der Waals surface area contributed by atoms with Gasteiger partial charge >= 0.3 is 0 Å². The third kappa shape index (κ3) is 4.31. The van der Waals surface area contributed by atoms with Gasteiger partial charge in [-0.25, -0.2) is 9.24 Å². The SMILES string of the molecule is [C-]#[N+]c1ccc(N2C(=O)C3(CCC3)N(c3ccc(OCCN4CCN(C)CC4)c(F)c3)C2=S)c2cccnc12. The molecule has 1 saturated carbocycles. The molecule has 1 spiro atoms. The van der Waals surface area contributed by atoms with Gasteiger partial charge in [0.1, 0.15) is 12.1 Å². The van der Waals surface area contributed by atoms with Crippen LogP contribution in [0.1, 0.15) is 19.3 Å². The van der Waals surface area contributed by atoms with E-state index in [-0.39, 0.29) is 11.7 Å². The molecule has 0 N–H and O–H groups in total. The number of hydrogen-bond acceptors (Lipinski definition) is 6. The first kappa shape index (κ1) is 25.6. The molecule has 1 aromatic heterocycles. The molecule has 2 aromatic carbocycles. The Morgan fingerprint density at radius 3 is 2.64 bits per heavy atom. The van der Waals surface area contributed by atoms with Crippen molar-refractivity contribution in [2.45, 2.75) is 24.8 Å². The summed E-state index contributed by atoms with van der Waals surface area (Å²) in [5.74, 6) is -0.423. The zero-order valence-corrected chi connectivity index (χ0v) is 22.6. The van der Waals surface area contributed by atoms with E-state index in [1.165, 1.54) is 11.0 Å². The van der Waals surface area contributed by atoms with E-state index in [9.17, 15) is 4.79 Å². The maximum atomic E-state index is 15.3. The molecule has 0 atom stereocenters. The summed E-state index contributed by atoms with van der Waals surface area (Å²) in [5.41, 5.74) is 1.19. The Hall–Kier alpha value is -3.65. The summed E-state index contributed by atoms with van der Waals surface area (Å²) in [7, 11) is 2.11. The van der Waals surface area contributed by atoms with Gasteiger partial charge in [0.2, 0.25) is 5.69 Å². The highest BCUT2D eigenvalue weighted by molar-refractivity contribution is 7.81. The number of piperazine rings is 1. The predicted molar refractivity (Wildman–Crippen MR) is 153 cm³/mol. The molecule has 3 aliphatic rings. The number of anilines is 2. The van der Waals surface area contributed by atoms with Crippen LogP contribution in [0.5, 0.6) is 5.75 Å². The Morgan fingerprint density at radius 1 is 1.15 bits per heavy atom. The molecule has 3 heterocycles. The van der Waals surface area contributed by atoms with Crippen molar-refractivity contribution in [1.29, 1.82) is 0 Å². The lowest BCUT2D eigenvalue weighted by atomic mass is 9.75. The van der Waals surface area contributed by atoms with Gasteiger partial charge in [-0.1, -0.05) is 12.1 Å². The van der Waals surface area contributed by atoms with Crippen molar-refractivity contribution in [3.63, 3.8) is 0 Å². The summed E-state index contributed by atoms with van der Waals surface area (Å²) >= 11 is 5.89. The Labute approximate surface area is 232 Å². The van der Waals surface area contributed by atoms with Gasteiger partial charge in [-0.15, -0.1) is 0 Å². The number of aromatic nitrogens is 1. The van der Waals surface area contributed by atoms with Gasteiger partial charge < -0.3 is 14.5 Å². The molecule has 200 valence electrons. The van der Waals surface area contributed by atoms with E-state index in [4.69, 9.17) is 23.5 Å². The second kappa shape index (κ2) is 10.2. The summed E-state index contributed by atoms with van der Waals surface area (Å²) < 4.78 is 21.1. The molecule has 1 aliphatic carbocycles. The molecule has 3 fully saturated rings. The summed E-state index contributed by atoms with van der Waals surface area (Å²) in [6.45, 7) is 12.6. The first-order valence-electron chi connectivity index (χ1n) is 13.2. The molecule has 10 heteroatoms. The van der Waals surface area contributed by atoms with Crippen LogP contribution in [-0.2, 0) is 4.79 Å². The maximum Gasteiger partial charge on any atom is 0.259 e. The van der Waals surface area contributed by atoms with Crippen molar-refractivity contribution in [3.05, 3.63) is 65.9 Å². The average molecular weight is 545 g/mol. The second-order valence-corrected chi connectivity index (χ2v) is 10.7. The van der Waals surface area contributed by atoms with Crippen LogP contribution in [0, 0.1) is 12.4 Å². The van der Waals surface area contributed by atoms with Crippen LogP contribution in [-0.4, -0.2) is 77.7 Å². The molecule has 39 heavy (non-hydrogen) atoms. The van der Waals surface area contributed by atoms with Crippen LogP contribution in [0.3, 0.4) is 0 Å². The van der Waals surface area contributed by atoms with E-state index >= 15 is 4.39 Å². The third-order valence-corrected chi connectivity index (χ3v) is 8.48. The van der Waals surface area contributed by atoms with E-state index in [1.54, 1.807) is 41.4 Å². The van der Waals surface area contributed by atoms with E-state index in [0.717, 1.165) is 39.1 Å². The van der Waals surface area contributed by atoms with Crippen molar-refractivity contribution < 1.29 is 13.9 Å². The van der Waals surface area contributed by atoms with Crippen molar-refractivity contribution in [2.24, 2.45) is 0 Å². The predicted octanol–water partition coefficient (Wildman–Crippen LogP) is 4.61. The molecule has 0 unspecified atom stereocenters. The lowest BCUT2D eigenvalue weighted by Gasteiger charge is -2.43. The van der Waals surface area contributed by atoms with Gasteiger partial charge in [0.05, 0.1) is 17.8 Å². The van der Waals surface area contributed by atoms with Crippen LogP contribution in [0.2, 0.25) is 0 Å². The minimum Gasteiger partial charge on any atom is -0.489 e. The number of amides is 1. The highest BCUT2D eigenvalue weighted by Gasteiger charge is 2.59. The fourth-order valence-electron chi connectivity index (χ4n) is 5.72. The minimum atomic E-state index is -0.847. The van der Waals surface area contributed by atoms with E-state index in [2.05, 4.69) is 26.7 Å². The molecule has 2 aliphatic heterocycles. The molecule has 3 aromatic rings. The van der Waals surface area contributed by atoms with Crippen molar-refractivity contribution in [2.75, 3.05) is 56.2 Å². The summed E-state index contributed by atoms with van der Waals surface area (Å²) in [4.78, 5) is 29.9. The third-order valence-electron chi connectivity index (χ3n) is 8.11. The standard InChI is InChI=1S/C29H29FN6O2S/c1-31-23-7-8-24(21-5-3-12-32-26(21)23)35-27(37)29(10-4-11-29)36(28(35)39)20-6-9-25(22(30)19-20)38-18-17-34-15-13-33(2)14-16-34/h3,5-9,12,19H,4,10-11,13-18H2,2H3. The second-order valence-electron chi connectivity index (χ2n) is 10.4. The Bertz CT molecular complexity index is 1490. The monoisotopic (exact) mass is 544 g/mol. The van der Waals surface area contributed by atoms with Crippen molar-refractivity contribution >= 4 is 51.2 Å². The van der Waals surface area contributed by atoms with Crippen LogP contribution in [0.4, 0.5) is 21.5 Å². The number of likely N-dealkylation sites (N-methyl/N-ethyl adjacent to an activating group) is 1. The summed E-state index contributed by atoms with van der Waals surface area (Å²) in [6, 6.07) is 11.8. The molecule has 2 saturated heterocycles. The zero-order chi connectivity index (χ0) is 27.1. The molecule has 1 amide bonds. The fraction of sp³-hybridized carbons (Fsp3) is 0.379. The Morgan fingerprint density at radius 2 is 1.95 bits per heavy atom. The number of pyridine rings is 1. The van der Waals surface area contributed by atoms with Gasteiger partial charge in [0, 0.05) is 56.1 Å². The van der Waals surface area contributed by atoms with Crippen molar-refractivity contribution in [1.82, 2.24) is 14.8 Å². The highest BCUT2D eigenvalue weighted by Crippen LogP contribution is 2.49. The van der Waals surface area contributed by atoms with E-state index in [1.807, 2.05) is 6.07 Å². The smallest absolute Gasteiger partial charge is 0.259 e. The molecular weight excluding hydrogens is 515 g/mol. The number of halogens is 1. The highest BCUT2D eigenvalue weighted by atomic mass is 32.1. The van der Waals surface area contributed by atoms with Crippen LogP contribution in [0.15, 0.2) is 48.7 Å². The Balaban J connectivity index is 1.26. The molecule has 8 nitrogen and oxygen atoms in total. The zero-order valence-electron chi connectivity index (χ0n) is 21.8. The van der Waals surface area contributed by atoms with Gasteiger partial charge in [-0.2, -0.15) is 0 Å². The number of carbonyl (C=O) groups excluding carboxylic acids is 1. The van der Waals surface area contributed by atoms with Crippen LogP contribution >= 0.6 is 12.2 Å². The lowest BCUT2D eigenvalue weighted by molar-refractivity contribution is -0.123. The van der Waals surface area contributed by atoms with Gasteiger partial charge in [-0.05, 0) is 62.8 Å². The number of carbonyl (C=O) groups is 1. The van der Waals surface area contributed by atoms with Gasteiger partial charge in [0.25, 0.3) is 5.91 Å². The van der Waals surface area contributed by atoms with Crippen LogP contribution < -0.4 is 14.5 Å². The number of nitrogens with zero attached hydrogens (tertiary/aromatic N) is 6. The number of fused-ring (bicyclic) bond motifs is 1. The Kier molecular flexibility index (Phi) is 6.67. The number of ether oxygens (including phenoxy) is 1. The molecule has 6 rings (SSSR count). The van der Waals surface area contributed by atoms with E-state index in [0.29, 0.717) is 52.5 Å². The molecule has 0 radical (unpaired) electrons.